The van der Waals surface area contributed by atoms with Crippen LogP contribution in [0.5, 0.6) is 0 Å². The Morgan fingerprint density at radius 1 is 1.03 bits per heavy atom. The molecule has 0 aromatic heterocycles. The summed E-state index contributed by atoms with van der Waals surface area (Å²) in [4.78, 5) is 25.4. The molecule has 184 valence electrons. The lowest BCUT2D eigenvalue weighted by Crippen LogP contribution is -2.22. The summed E-state index contributed by atoms with van der Waals surface area (Å²) in [5.41, 5.74) is -3.87. The molecular weight excluding hydrogens is 495 g/mol. The lowest BCUT2D eigenvalue weighted by Gasteiger charge is -2.20. The van der Waals surface area contributed by atoms with Gasteiger partial charge >= 0.3 is 6.18 Å². The number of hydrogen-bond acceptors (Lipinski definition) is 3. The molecule has 0 spiro atoms. The molecule has 0 bridgehead atoms. The number of alkyl halides is 5. The molecule has 5 nitrogen and oxygen atoms in total. The van der Waals surface area contributed by atoms with E-state index < -0.39 is 58.8 Å². The molecule has 3 aromatic rings. The topological polar surface area (TPSA) is 82.0 Å². The van der Waals surface area contributed by atoms with Crippen molar-refractivity contribution in [3.05, 3.63) is 99.1 Å². The molecule has 1 unspecified atom stereocenters. The average molecular weight is 507 g/mol. The summed E-state index contributed by atoms with van der Waals surface area (Å²) in [6.45, 7) is 0. The zero-order valence-electron chi connectivity index (χ0n) is 17.7. The third kappa shape index (κ3) is 4.59. The van der Waals surface area contributed by atoms with Crippen molar-refractivity contribution >= 4 is 17.5 Å². The maximum atomic E-state index is 14.0. The fraction of sp³-hybridized carbons (Fsp3) is 0.125. The Hall–Kier alpha value is -4.40. The van der Waals surface area contributed by atoms with E-state index in [1.165, 1.54) is 0 Å². The number of amides is 2. The quantitative estimate of drug-likeness (QED) is 0.433. The summed E-state index contributed by atoms with van der Waals surface area (Å²) in [5.74, 6) is -4.29. The third-order valence-electron chi connectivity index (χ3n) is 5.45. The lowest BCUT2D eigenvalue weighted by atomic mass is 9.92. The van der Waals surface area contributed by atoms with Gasteiger partial charge in [-0.25, -0.2) is 17.6 Å². The van der Waals surface area contributed by atoms with Gasteiger partial charge in [-0.05, 0) is 48.0 Å². The van der Waals surface area contributed by atoms with Crippen molar-refractivity contribution in [1.29, 1.82) is 5.26 Å². The smallest absolute Gasteiger partial charge is 0.341 e. The fourth-order valence-electron chi connectivity index (χ4n) is 3.91. The highest BCUT2D eigenvalue weighted by Gasteiger charge is 2.36. The van der Waals surface area contributed by atoms with Crippen LogP contribution in [-0.2, 0) is 6.18 Å². The van der Waals surface area contributed by atoms with Gasteiger partial charge in [-0.15, -0.1) is 0 Å². The second-order valence-electron chi connectivity index (χ2n) is 7.76. The number of nitriles is 1. The van der Waals surface area contributed by atoms with Crippen LogP contribution in [0.1, 0.15) is 61.0 Å². The summed E-state index contributed by atoms with van der Waals surface area (Å²) in [7, 11) is 0. The minimum Gasteiger partial charge on any atom is -0.341 e. The van der Waals surface area contributed by atoms with E-state index in [1.807, 2.05) is 0 Å². The van der Waals surface area contributed by atoms with E-state index in [4.69, 9.17) is 0 Å². The normalized spacial score (nSPS) is 14.9. The highest BCUT2D eigenvalue weighted by atomic mass is 19.4. The van der Waals surface area contributed by atoms with E-state index in [-0.39, 0.29) is 34.0 Å². The predicted molar refractivity (Wildman–Crippen MR) is 111 cm³/mol. The molecule has 1 aliphatic heterocycles. The third-order valence-corrected chi connectivity index (χ3v) is 5.45. The Morgan fingerprint density at radius 2 is 1.75 bits per heavy atom. The van der Waals surface area contributed by atoms with Crippen molar-refractivity contribution in [2.45, 2.75) is 18.6 Å². The van der Waals surface area contributed by atoms with Gasteiger partial charge in [0, 0.05) is 27.9 Å². The number of benzene rings is 3. The number of anilines is 1. The van der Waals surface area contributed by atoms with E-state index >= 15 is 0 Å². The van der Waals surface area contributed by atoms with E-state index in [2.05, 4.69) is 10.6 Å². The second-order valence-corrected chi connectivity index (χ2v) is 7.76. The highest BCUT2D eigenvalue weighted by Crippen LogP contribution is 2.41. The molecule has 0 fully saturated rings. The van der Waals surface area contributed by atoms with E-state index in [1.54, 1.807) is 6.07 Å². The van der Waals surface area contributed by atoms with Crippen molar-refractivity contribution in [3.63, 3.8) is 0 Å². The molecule has 36 heavy (non-hydrogen) atoms. The van der Waals surface area contributed by atoms with Gasteiger partial charge in [0.2, 0.25) is 0 Å². The maximum absolute atomic E-state index is 14.0. The maximum Gasteiger partial charge on any atom is 0.416 e. The number of carbonyl (C=O) groups is 2. The van der Waals surface area contributed by atoms with Gasteiger partial charge in [0.25, 0.3) is 18.2 Å². The Bertz CT molecular complexity index is 1440. The fourth-order valence-corrected chi connectivity index (χ4v) is 3.91. The second kappa shape index (κ2) is 8.99. The van der Waals surface area contributed by atoms with Crippen LogP contribution in [0.15, 0.2) is 48.5 Å². The Balaban J connectivity index is 1.84. The first-order chi connectivity index (χ1) is 16.9. The van der Waals surface area contributed by atoms with Crippen molar-refractivity contribution in [2.24, 2.45) is 0 Å². The van der Waals surface area contributed by atoms with Crippen LogP contribution in [0, 0.1) is 23.0 Å². The monoisotopic (exact) mass is 507 g/mol. The van der Waals surface area contributed by atoms with Crippen LogP contribution in [-0.4, -0.2) is 11.8 Å². The van der Waals surface area contributed by atoms with Gasteiger partial charge in [0.1, 0.15) is 11.6 Å². The van der Waals surface area contributed by atoms with Gasteiger partial charge in [0.05, 0.1) is 23.2 Å². The number of rotatable bonds is 4. The van der Waals surface area contributed by atoms with Crippen LogP contribution in [0.3, 0.4) is 0 Å². The highest BCUT2D eigenvalue weighted by molar-refractivity contribution is 6.08. The van der Waals surface area contributed by atoms with Crippen LogP contribution < -0.4 is 10.6 Å². The first-order valence-electron chi connectivity index (χ1n) is 10.0. The van der Waals surface area contributed by atoms with Gasteiger partial charge in [-0.1, -0.05) is 6.07 Å². The minimum atomic E-state index is -4.95. The number of halogens is 7. The summed E-state index contributed by atoms with van der Waals surface area (Å²) in [6, 6.07) is 6.06. The molecule has 0 saturated carbocycles. The minimum absolute atomic E-state index is 0.118. The summed E-state index contributed by atoms with van der Waals surface area (Å²) in [5, 5.41) is 13.9. The molecule has 1 heterocycles. The molecule has 3 aromatic carbocycles. The molecule has 1 aliphatic rings. The molecule has 0 radical (unpaired) electrons. The van der Waals surface area contributed by atoms with Gasteiger partial charge in [-0.3, -0.25) is 9.59 Å². The average Bonchev–Trinajstić information content (AvgIpc) is 3.14. The van der Waals surface area contributed by atoms with E-state index in [0.29, 0.717) is 12.1 Å². The molecule has 12 heteroatoms. The lowest BCUT2D eigenvalue weighted by molar-refractivity contribution is -0.137. The van der Waals surface area contributed by atoms with Gasteiger partial charge < -0.3 is 10.6 Å². The number of nitrogens with one attached hydrogen (secondary N) is 2. The first kappa shape index (κ1) is 24.7. The number of fused-ring (bicyclic) bond motifs is 1. The number of hydrogen-bond donors (Lipinski definition) is 2. The van der Waals surface area contributed by atoms with Gasteiger partial charge in [-0.2, -0.15) is 18.4 Å². The Morgan fingerprint density at radius 3 is 2.39 bits per heavy atom. The summed E-state index contributed by atoms with van der Waals surface area (Å²) < 4.78 is 94.2. The molecule has 0 saturated heterocycles. The molecular formula is C24H12F7N3O2. The first-order valence-corrected chi connectivity index (χ1v) is 10.0. The largest absolute Gasteiger partial charge is 0.416 e. The molecule has 2 N–H and O–H groups in total. The van der Waals surface area contributed by atoms with Gasteiger partial charge in [0.15, 0.2) is 0 Å². The Kier molecular flexibility index (Phi) is 6.17. The van der Waals surface area contributed by atoms with Crippen molar-refractivity contribution in [1.82, 2.24) is 5.32 Å². The van der Waals surface area contributed by atoms with Crippen LogP contribution in [0.25, 0.3) is 0 Å². The SMILES string of the molecule is N#Cc1cc(NC(=O)c2cc(F)cc(C(F)(F)F)c2)c2c(c1)C(=O)NC2c1cc(F)ccc1C(F)F. The van der Waals surface area contributed by atoms with Crippen LogP contribution in [0.4, 0.5) is 36.4 Å². The van der Waals surface area contributed by atoms with Crippen LogP contribution >= 0.6 is 0 Å². The summed E-state index contributed by atoms with van der Waals surface area (Å²) >= 11 is 0. The molecule has 4 rings (SSSR count). The predicted octanol–water partition coefficient (Wildman–Crippen LogP) is 5.88. The zero-order valence-corrected chi connectivity index (χ0v) is 17.7. The standard InChI is InChI=1S/C24H12F7N3O2/c25-13-1-2-15(21(27)28)16(8-13)20-19-17(23(36)34-20)3-10(9-32)4-18(19)33-22(35)11-5-12(24(29,30)31)7-14(26)6-11/h1-8,20-21H,(H,33,35)(H,34,36). The number of carbonyl (C=O) groups excluding carboxylic acids is 2. The van der Waals surface area contributed by atoms with Crippen molar-refractivity contribution < 1.29 is 40.3 Å². The molecule has 1 atom stereocenters. The van der Waals surface area contributed by atoms with E-state index in [0.717, 1.165) is 30.3 Å². The molecule has 0 aliphatic carbocycles. The van der Waals surface area contributed by atoms with E-state index in [9.17, 15) is 45.6 Å². The zero-order chi connectivity index (χ0) is 26.4. The van der Waals surface area contributed by atoms with Crippen LogP contribution in [0.2, 0.25) is 0 Å². The Labute approximate surface area is 198 Å². The van der Waals surface area contributed by atoms with Crippen molar-refractivity contribution in [2.75, 3.05) is 5.32 Å². The summed E-state index contributed by atoms with van der Waals surface area (Å²) in [6.07, 6.45) is -8.02. The van der Waals surface area contributed by atoms with Crippen molar-refractivity contribution in [3.8, 4) is 6.07 Å². The molecule has 2 amide bonds. The number of nitrogens with zero attached hydrogens (tertiary/aromatic N) is 1.